The van der Waals surface area contributed by atoms with Crippen molar-refractivity contribution in [3.8, 4) is 5.75 Å². The van der Waals surface area contributed by atoms with Gasteiger partial charge in [-0.15, -0.1) is 10.2 Å². The quantitative estimate of drug-likeness (QED) is 0.193. The second-order valence-corrected chi connectivity index (χ2v) is 8.20. The number of ether oxygens (including phenoxy) is 1. The third kappa shape index (κ3) is 6.17. The predicted octanol–water partition coefficient (Wildman–Crippen LogP) is 4.44. The van der Waals surface area contributed by atoms with Gasteiger partial charge >= 0.3 is 5.97 Å². The van der Waals surface area contributed by atoms with Crippen molar-refractivity contribution in [2.75, 3.05) is 11.1 Å². The minimum Gasteiger partial charge on any atom is -0.427 e. The molecule has 1 aromatic heterocycles. The SMILES string of the molecule is CC(=O)Oc1ccc(C(=O)Nc2nnc(SCCCc3ccccc3)s2)cc1. The van der Waals surface area contributed by atoms with Crippen LogP contribution in [0.1, 0.15) is 29.3 Å². The van der Waals surface area contributed by atoms with E-state index in [0.717, 1.165) is 22.9 Å². The van der Waals surface area contributed by atoms with Crippen molar-refractivity contribution in [1.29, 1.82) is 0 Å². The molecule has 0 saturated carbocycles. The largest absolute Gasteiger partial charge is 0.427 e. The van der Waals surface area contributed by atoms with E-state index in [1.165, 1.54) is 23.8 Å². The van der Waals surface area contributed by atoms with Crippen molar-refractivity contribution in [3.05, 3.63) is 65.7 Å². The lowest BCUT2D eigenvalue weighted by Crippen LogP contribution is -2.11. The summed E-state index contributed by atoms with van der Waals surface area (Å²) in [6.45, 7) is 1.33. The Morgan fingerprint density at radius 3 is 2.54 bits per heavy atom. The first kappa shape index (κ1) is 20.0. The predicted molar refractivity (Wildman–Crippen MR) is 111 cm³/mol. The highest BCUT2D eigenvalue weighted by molar-refractivity contribution is 8.01. The summed E-state index contributed by atoms with van der Waals surface area (Å²) in [7, 11) is 0. The summed E-state index contributed by atoms with van der Waals surface area (Å²) in [6, 6.07) is 16.7. The van der Waals surface area contributed by atoms with Gasteiger partial charge in [0.05, 0.1) is 0 Å². The number of aryl methyl sites for hydroxylation is 1. The second kappa shape index (κ2) is 10.0. The van der Waals surface area contributed by atoms with Crippen LogP contribution in [0.25, 0.3) is 0 Å². The van der Waals surface area contributed by atoms with Crippen LogP contribution in [0.3, 0.4) is 0 Å². The first-order valence-electron chi connectivity index (χ1n) is 8.70. The molecule has 3 aromatic rings. The van der Waals surface area contributed by atoms with Gasteiger partial charge in [-0.05, 0) is 42.7 Å². The van der Waals surface area contributed by atoms with Gasteiger partial charge in [0.1, 0.15) is 5.75 Å². The average Bonchev–Trinajstić information content (AvgIpc) is 3.13. The van der Waals surface area contributed by atoms with Crippen LogP contribution in [-0.2, 0) is 11.2 Å². The Balaban J connectivity index is 1.45. The van der Waals surface area contributed by atoms with Gasteiger partial charge in [0.15, 0.2) is 4.34 Å². The number of esters is 1. The van der Waals surface area contributed by atoms with E-state index >= 15 is 0 Å². The van der Waals surface area contributed by atoms with Crippen LogP contribution in [0.15, 0.2) is 58.9 Å². The Kier molecular flexibility index (Phi) is 7.16. The smallest absolute Gasteiger partial charge is 0.308 e. The summed E-state index contributed by atoms with van der Waals surface area (Å²) >= 11 is 2.99. The maximum Gasteiger partial charge on any atom is 0.308 e. The van der Waals surface area contributed by atoms with Gasteiger partial charge in [0.25, 0.3) is 5.91 Å². The average molecular weight is 414 g/mol. The van der Waals surface area contributed by atoms with Gasteiger partial charge in [0, 0.05) is 18.2 Å². The maximum atomic E-state index is 12.3. The lowest BCUT2D eigenvalue weighted by atomic mass is 10.1. The molecule has 1 amide bonds. The van der Waals surface area contributed by atoms with Gasteiger partial charge in [-0.3, -0.25) is 14.9 Å². The fourth-order valence-corrected chi connectivity index (χ4v) is 4.17. The van der Waals surface area contributed by atoms with Crippen molar-refractivity contribution >= 4 is 40.1 Å². The van der Waals surface area contributed by atoms with E-state index in [0.29, 0.717) is 16.4 Å². The Bertz CT molecular complexity index is 927. The molecule has 1 N–H and O–H groups in total. The number of hydrogen-bond acceptors (Lipinski definition) is 7. The Labute approximate surface area is 171 Å². The number of amides is 1. The molecule has 0 radical (unpaired) electrons. The first-order valence-corrected chi connectivity index (χ1v) is 10.5. The molecule has 6 nitrogen and oxygen atoms in total. The highest BCUT2D eigenvalue weighted by atomic mass is 32.2. The minimum absolute atomic E-state index is 0.286. The summed E-state index contributed by atoms with van der Waals surface area (Å²) in [5, 5.41) is 11.3. The molecule has 0 aliphatic carbocycles. The van der Waals surface area contributed by atoms with E-state index in [-0.39, 0.29) is 5.91 Å². The van der Waals surface area contributed by atoms with Gasteiger partial charge in [-0.25, -0.2) is 0 Å². The molecule has 144 valence electrons. The summed E-state index contributed by atoms with van der Waals surface area (Å²) < 4.78 is 5.78. The molecule has 0 fully saturated rings. The van der Waals surface area contributed by atoms with E-state index in [1.54, 1.807) is 36.0 Å². The number of thioether (sulfide) groups is 1. The number of aromatic nitrogens is 2. The van der Waals surface area contributed by atoms with Crippen molar-refractivity contribution in [1.82, 2.24) is 10.2 Å². The highest BCUT2D eigenvalue weighted by Gasteiger charge is 2.11. The zero-order valence-electron chi connectivity index (χ0n) is 15.3. The monoisotopic (exact) mass is 413 g/mol. The van der Waals surface area contributed by atoms with Crippen LogP contribution in [0.5, 0.6) is 5.75 Å². The van der Waals surface area contributed by atoms with Gasteiger partial charge < -0.3 is 4.74 Å². The third-order valence-electron chi connectivity index (χ3n) is 3.68. The normalized spacial score (nSPS) is 10.5. The Morgan fingerprint density at radius 2 is 1.82 bits per heavy atom. The number of hydrogen-bond donors (Lipinski definition) is 1. The molecule has 0 bridgehead atoms. The summed E-state index contributed by atoms with van der Waals surface area (Å²) in [6.07, 6.45) is 2.07. The molecule has 0 aliphatic heterocycles. The second-order valence-electron chi connectivity index (χ2n) is 5.88. The number of carbonyl (C=O) groups excluding carboxylic acids is 2. The summed E-state index contributed by atoms with van der Waals surface area (Å²) in [4.78, 5) is 23.2. The van der Waals surface area contributed by atoms with E-state index in [1.807, 2.05) is 18.2 Å². The van der Waals surface area contributed by atoms with Crippen LogP contribution in [-0.4, -0.2) is 27.8 Å². The van der Waals surface area contributed by atoms with Crippen molar-refractivity contribution < 1.29 is 14.3 Å². The summed E-state index contributed by atoms with van der Waals surface area (Å²) in [5.41, 5.74) is 1.77. The fraction of sp³-hybridized carbons (Fsp3) is 0.200. The minimum atomic E-state index is -0.403. The molecule has 0 spiro atoms. The fourth-order valence-electron chi connectivity index (χ4n) is 2.41. The molecule has 0 aliphatic rings. The Hall–Kier alpha value is -2.71. The molecule has 2 aromatic carbocycles. The highest BCUT2D eigenvalue weighted by Crippen LogP contribution is 2.26. The molecule has 3 rings (SSSR count). The van der Waals surface area contributed by atoms with Crippen LogP contribution in [0.2, 0.25) is 0 Å². The molecule has 8 heteroatoms. The zero-order valence-corrected chi connectivity index (χ0v) is 16.9. The molecular formula is C20H19N3O3S2. The van der Waals surface area contributed by atoms with E-state index < -0.39 is 5.97 Å². The number of nitrogens with zero attached hydrogens (tertiary/aromatic N) is 2. The van der Waals surface area contributed by atoms with E-state index in [4.69, 9.17) is 4.74 Å². The van der Waals surface area contributed by atoms with E-state index in [2.05, 4.69) is 27.6 Å². The van der Waals surface area contributed by atoms with Gasteiger partial charge in [-0.1, -0.05) is 53.4 Å². The van der Waals surface area contributed by atoms with Crippen LogP contribution < -0.4 is 10.1 Å². The Morgan fingerprint density at radius 1 is 1.07 bits per heavy atom. The van der Waals surface area contributed by atoms with Gasteiger partial charge in [0.2, 0.25) is 5.13 Å². The maximum absolute atomic E-state index is 12.3. The van der Waals surface area contributed by atoms with Crippen LogP contribution >= 0.6 is 23.1 Å². The van der Waals surface area contributed by atoms with Crippen LogP contribution in [0, 0.1) is 0 Å². The molecule has 0 atom stereocenters. The third-order valence-corrected chi connectivity index (χ3v) is 5.74. The molecule has 28 heavy (non-hydrogen) atoms. The number of rotatable bonds is 8. The molecular weight excluding hydrogens is 394 g/mol. The topological polar surface area (TPSA) is 81.2 Å². The van der Waals surface area contributed by atoms with Gasteiger partial charge in [-0.2, -0.15) is 0 Å². The molecule has 0 unspecified atom stereocenters. The lowest BCUT2D eigenvalue weighted by molar-refractivity contribution is -0.131. The number of anilines is 1. The van der Waals surface area contributed by atoms with Crippen molar-refractivity contribution in [3.63, 3.8) is 0 Å². The van der Waals surface area contributed by atoms with Crippen LogP contribution in [0.4, 0.5) is 5.13 Å². The number of benzene rings is 2. The first-order chi connectivity index (χ1) is 13.6. The van der Waals surface area contributed by atoms with Crippen molar-refractivity contribution in [2.45, 2.75) is 24.1 Å². The van der Waals surface area contributed by atoms with Crippen molar-refractivity contribution in [2.24, 2.45) is 0 Å². The number of carbonyl (C=O) groups is 2. The molecule has 0 saturated heterocycles. The summed E-state index contributed by atoms with van der Waals surface area (Å²) in [5.74, 6) is 0.648. The number of nitrogens with one attached hydrogen (secondary N) is 1. The molecule has 1 heterocycles. The van der Waals surface area contributed by atoms with E-state index in [9.17, 15) is 9.59 Å². The zero-order chi connectivity index (χ0) is 19.8. The standard InChI is InChI=1S/C20H19N3O3S2/c1-14(24)26-17-11-9-16(10-12-17)18(25)21-19-22-23-20(28-19)27-13-5-8-15-6-3-2-4-7-15/h2-4,6-7,9-12H,5,8,13H2,1H3,(H,21,22,25). The lowest BCUT2D eigenvalue weighted by Gasteiger charge is -2.03.